The van der Waals surface area contributed by atoms with Crippen LogP contribution in [0, 0.1) is 0 Å². The molecular formula is C14H15BrN2O3. The van der Waals surface area contributed by atoms with Gasteiger partial charge in [-0.2, -0.15) is 0 Å². The van der Waals surface area contributed by atoms with Crippen LogP contribution in [0.25, 0.3) is 0 Å². The highest BCUT2D eigenvalue weighted by molar-refractivity contribution is 9.10. The number of aryl methyl sites for hydroxylation is 1. The van der Waals surface area contributed by atoms with Gasteiger partial charge in [0.25, 0.3) is 0 Å². The second kappa shape index (κ2) is 6.09. The molecule has 2 rings (SSSR count). The fraction of sp³-hybridized carbons (Fsp3) is 0.286. The summed E-state index contributed by atoms with van der Waals surface area (Å²) in [5.74, 6) is 0.542. The lowest BCUT2D eigenvalue weighted by Crippen LogP contribution is -2.26. The summed E-state index contributed by atoms with van der Waals surface area (Å²) in [5, 5.41) is 0. The van der Waals surface area contributed by atoms with Crippen molar-refractivity contribution in [3.05, 3.63) is 51.1 Å². The molecule has 0 aliphatic rings. The van der Waals surface area contributed by atoms with Crippen LogP contribution >= 0.6 is 15.9 Å². The van der Waals surface area contributed by atoms with Crippen molar-refractivity contribution in [1.29, 1.82) is 0 Å². The largest absolute Gasteiger partial charge is 0.496 e. The van der Waals surface area contributed by atoms with Gasteiger partial charge in [-0.05, 0) is 41.1 Å². The first-order chi connectivity index (χ1) is 9.56. The number of nitrogens with zero attached hydrogens (tertiary/aromatic N) is 2. The van der Waals surface area contributed by atoms with Gasteiger partial charge in [0.15, 0.2) is 5.78 Å². The standard InChI is InChI=1S/C14H15BrN2O3/c1-3-16-6-7-17(14(16)19)9-12(18)10-4-5-13(20-2)11(15)8-10/h4-8H,3,9H2,1-2H3. The van der Waals surface area contributed by atoms with Crippen molar-refractivity contribution in [1.82, 2.24) is 9.13 Å². The average molecular weight is 339 g/mol. The van der Waals surface area contributed by atoms with Crippen molar-refractivity contribution in [2.45, 2.75) is 20.0 Å². The number of rotatable bonds is 5. The van der Waals surface area contributed by atoms with E-state index < -0.39 is 0 Å². The lowest BCUT2D eigenvalue weighted by atomic mass is 10.1. The zero-order valence-corrected chi connectivity index (χ0v) is 12.9. The van der Waals surface area contributed by atoms with Gasteiger partial charge in [-0.25, -0.2) is 4.79 Å². The quantitative estimate of drug-likeness (QED) is 0.786. The van der Waals surface area contributed by atoms with E-state index in [-0.39, 0.29) is 18.0 Å². The average Bonchev–Trinajstić information content (AvgIpc) is 2.79. The van der Waals surface area contributed by atoms with Crippen molar-refractivity contribution in [2.75, 3.05) is 7.11 Å². The van der Waals surface area contributed by atoms with Crippen molar-refractivity contribution in [3.63, 3.8) is 0 Å². The topological polar surface area (TPSA) is 53.2 Å². The highest BCUT2D eigenvalue weighted by Gasteiger charge is 2.11. The van der Waals surface area contributed by atoms with E-state index in [1.807, 2.05) is 6.92 Å². The molecule has 1 aromatic carbocycles. The zero-order valence-electron chi connectivity index (χ0n) is 11.3. The molecule has 0 radical (unpaired) electrons. The van der Waals surface area contributed by atoms with Gasteiger partial charge in [0.1, 0.15) is 5.75 Å². The van der Waals surface area contributed by atoms with Gasteiger partial charge in [0.2, 0.25) is 0 Å². The summed E-state index contributed by atoms with van der Waals surface area (Å²) in [6.07, 6.45) is 3.31. The van der Waals surface area contributed by atoms with E-state index in [0.29, 0.717) is 22.3 Å². The van der Waals surface area contributed by atoms with Crippen LogP contribution in [0.2, 0.25) is 0 Å². The van der Waals surface area contributed by atoms with E-state index in [4.69, 9.17) is 4.74 Å². The summed E-state index contributed by atoms with van der Waals surface area (Å²) in [5.41, 5.74) is 0.363. The maximum Gasteiger partial charge on any atom is 0.328 e. The van der Waals surface area contributed by atoms with Crippen LogP contribution < -0.4 is 10.4 Å². The Labute approximate surface area is 124 Å². The van der Waals surface area contributed by atoms with E-state index in [0.717, 1.165) is 0 Å². The second-order valence-electron chi connectivity index (χ2n) is 4.27. The maximum absolute atomic E-state index is 12.2. The number of benzene rings is 1. The number of halogens is 1. The smallest absolute Gasteiger partial charge is 0.328 e. The Balaban J connectivity index is 2.21. The summed E-state index contributed by atoms with van der Waals surface area (Å²) in [4.78, 5) is 24.1. The third-order valence-corrected chi connectivity index (χ3v) is 3.67. The minimum absolute atomic E-state index is 0.0323. The third kappa shape index (κ3) is 2.85. The number of hydrogen-bond acceptors (Lipinski definition) is 3. The lowest BCUT2D eigenvalue weighted by molar-refractivity contribution is 0.0970. The van der Waals surface area contributed by atoms with Crippen LogP contribution in [0.1, 0.15) is 17.3 Å². The van der Waals surface area contributed by atoms with Gasteiger partial charge < -0.3 is 4.74 Å². The van der Waals surface area contributed by atoms with E-state index >= 15 is 0 Å². The molecule has 0 saturated heterocycles. The fourth-order valence-electron chi connectivity index (χ4n) is 1.90. The molecule has 2 aromatic rings. The number of Topliss-reactive ketones (excluding diaryl/α,β-unsaturated/α-hetero) is 1. The second-order valence-corrected chi connectivity index (χ2v) is 5.12. The molecule has 0 aliphatic heterocycles. The molecule has 5 nitrogen and oxygen atoms in total. The summed E-state index contributed by atoms with van der Waals surface area (Å²) in [7, 11) is 1.56. The van der Waals surface area contributed by atoms with Crippen molar-refractivity contribution in [3.8, 4) is 5.75 Å². The molecule has 0 fully saturated rings. The molecule has 106 valence electrons. The van der Waals surface area contributed by atoms with Crippen LogP contribution in [0.3, 0.4) is 0 Å². The Bertz CT molecular complexity index is 688. The van der Waals surface area contributed by atoms with Crippen LogP contribution in [0.4, 0.5) is 0 Å². The Kier molecular flexibility index (Phi) is 4.44. The van der Waals surface area contributed by atoms with E-state index in [1.165, 1.54) is 4.57 Å². The number of carbonyl (C=O) groups excluding carboxylic acids is 1. The van der Waals surface area contributed by atoms with E-state index in [2.05, 4.69) is 15.9 Å². The van der Waals surface area contributed by atoms with Crippen LogP contribution in [-0.2, 0) is 13.1 Å². The first-order valence-corrected chi connectivity index (χ1v) is 6.98. The number of aromatic nitrogens is 2. The molecular weight excluding hydrogens is 324 g/mol. The van der Waals surface area contributed by atoms with Gasteiger partial charge in [-0.3, -0.25) is 13.9 Å². The lowest BCUT2D eigenvalue weighted by Gasteiger charge is -2.06. The molecule has 0 bridgehead atoms. The predicted octanol–water partition coefficient (Wildman–Crippen LogP) is 2.32. The van der Waals surface area contributed by atoms with Gasteiger partial charge in [0.05, 0.1) is 18.1 Å². The molecule has 0 atom stereocenters. The first-order valence-electron chi connectivity index (χ1n) is 6.19. The number of carbonyl (C=O) groups is 1. The van der Waals surface area contributed by atoms with Gasteiger partial charge >= 0.3 is 5.69 Å². The van der Waals surface area contributed by atoms with Gasteiger partial charge in [-0.1, -0.05) is 0 Å². The number of hydrogen-bond donors (Lipinski definition) is 0. The molecule has 0 aliphatic carbocycles. The molecule has 0 amide bonds. The number of imidazole rings is 1. The molecule has 6 heteroatoms. The Morgan fingerprint density at radius 1 is 1.30 bits per heavy atom. The minimum Gasteiger partial charge on any atom is -0.496 e. The summed E-state index contributed by atoms with van der Waals surface area (Å²) < 4.78 is 8.79. The molecule has 1 heterocycles. The summed E-state index contributed by atoms with van der Waals surface area (Å²) in [6, 6.07) is 5.11. The number of ketones is 1. The molecule has 1 aromatic heterocycles. The normalized spacial score (nSPS) is 10.6. The van der Waals surface area contributed by atoms with Crippen LogP contribution in [0.5, 0.6) is 5.75 Å². The van der Waals surface area contributed by atoms with Gasteiger partial charge in [-0.15, -0.1) is 0 Å². The molecule has 0 saturated carbocycles. The van der Waals surface area contributed by atoms with Crippen molar-refractivity contribution < 1.29 is 9.53 Å². The third-order valence-electron chi connectivity index (χ3n) is 3.05. The molecule has 20 heavy (non-hydrogen) atoms. The molecule has 0 unspecified atom stereocenters. The summed E-state index contributed by atoms with van der Waals surface area (Å²) in [6.45, 7) is 2.51. The Hall–Kier alpha value is -1.82. The molecule has 0 spiro atoms. The summed E-state index contributed by atoms with van der Waals surface area (Å²) >= 11 is 3.34. The highest BCUT2D eigenvalue weighted by atomic mass is 79.9. The minimum atomic E-state index is -0.173. The SMILES string of the molecule is CCn1ccn(CC(=O)c2ccc(OC)c(Br)c2)c1=O. The van der Waals surface area contributed by atoms with Gasteiger partial charge in [0, 0.05) is 24.5 Å². The zero-order chi connectivity index (χ0) is 14.7. The first kappa shape index (κ1) is 14.6. The van der Waals surface area contributed by atoms with E-state index in [9.17, 15) is 9.59 Å². The van der Waals surface area contributed by atoms with Crippen molar-refractivity contribution in [2.24, 2.45) is 0 Å². The number of methoxy groups -OCH3 is 1. The Morgan fingerprint density at radius 2 is 2.00 bits per heavy atom. The van der Waals surface area contributed by atoms with Crippen molar-refractivity contribution >= 4 is 21.7 Å². The maximum atomic E-state index is 12.2. The fourth-order valence-corrected chi connectivity index (χ4v) is 2.44. The predicted molar refractivity (Wildman–Crippen MR) is 79.4 cm³/mol. The molecule has 0 N–H and O–H groups in total. The van der Waals surface area contributed by atoms with Crippen LogP contribution in [0.15, 0.2) is 39.9 Å². The monoisotopic (exact) mass is 338 g/mol. The highest BCUT2D eigenvalue weighted by Crippen LogP contribution is 2.25. The van der Waals surface area contributed by atoms with E-state index in [1.54, 1.807) is 42.3 Å². The van der Waals surface area contributed by atoms with Crippen LogP contribution in [-0.4, -0.2) is 22.0 Å². The Morgan fingerprint density at radius 3 is 2.55 bits per heavy atom. The number of ether oxygens (including phenoxy) is 1.